The van der Waals surface area contributed by atoms with Gasteiger partial charge < -0.3 is 4.90 Å². The predicted octanol–water partition coefficient (Wildman–Crippen LogP) is 3.39. The molecule has 2 aromatic heterocycles. The molecule has 21 heavy (non-hydrogen) atoms. The number of aromatic nitrogens is 3. The zero-order chi connectivity index (χ0) is 14.2. The van der Waals surface area contributed by atoms with E-state index in [1.54, 1.807) is 0 Å². The Kier molecular flexibility index (Phi) is 2.88. The SMILES string of the molecule is CC1CCCN1c1cc(-c2ccccc2)nc2ccnn12. The van der Waals surface area contributed by atoms with Gasteiger partial charge in [0.2, 0.25) is 0 Å². The minimum Gasteiger partial charge on any atom is -0.354 e. The molecule has 1 unspecified atom stereocenters. The maximum absolute atomic E-state index is 4.74. The fourth-order valence-corrected chi connectivity index (χ4v) is 3.13. The Morgan fingerprint density at radius 1 is 1.14 bits per heavy atom. The van der Waals surface area contributed by atoms with Crippen molar-refractivity contribution >= 4 is 11.5 Å². The lowest BCUT2D eigenvalue weighted by Gasteiger charge is -2.24. The lowest BCUT2D eigenvalue weighted by molar-refractivity contribution is 0.713. The Morgan fingerprint density at radius 3 is 2.76 bits per heavy atom. The molecular formula is C17H18N4. The number of hydrogen-bond acceptors (Lipinski definition) is 3. The van der Waals surface area contributed by atoms with Crippen LogP contribution in [-0.2, 0) is 0 Å². The Bertz CT molecular complexity index is 763. The number of rotatable bonds is 2. The fraction of sp³-hybridized carbons (Fsp3) is 0.294. The van der Waals surface area contributed by atoms with Crippen molar-refractivity contribution in [1.82, 2.24) is 14.6 Å². The van der Waals surface area contributed by atoms with E-state index in [0.29, 0.717) is 6.04 Å². The zero-order valence-corrected chi connectivity index (χ0v) is 12.1. The summed E-state index contributed by atoms with van der Waals surface area (Å²) in [5.41, 5.74) is 3.07. The molecule has 4 nitrogen and oxygen atoms in total. The maximum atomic E-state index is 4.74. The van der Waals surface area contributed by atoms with Gasteiger partial charge in [-0.05, 0) is 19.8 Å². The Balaban J connectivity index is 1.90. The van der Waals surface area contributed by atoms with Crippen molar-refractivity contribution in [2.75, 3.05) is 11.4 Å². The Morgan fingerprint density at radius 2 is 2.00 bits per heavy atom. The molecule has 1 atom stereocenters. The van der Waals surface area contributed by atoms with E-state index in [1.807, 2.05) is 22.8 Å². The van der Waals surface area contributed by atoms with Crippen LogP contribution in [0.25, 0.3) is 16.9 Å². The van der Waals surface area contributed by atoms with Crippen LogP contribution in [0.4, 0.5) is 5.82 Å². The first-order valence-electron chi connectivity index (χ1n) is 7.50. The van der Waals surface area contributed by atoms with Gasteiger partial charge in [0.1, 0.15) is 5.82 Å². The van der Waals surface area contributed by atoms with Gasteiger partial charge in [0.05, 0.1) is 11.9 Å². The van der Waals surface area contributed by atoms with Gasteiger partial charge in [0.15, 0.2) is 5.65 Å². The summed E-state index contributed by atoms with van der Waals surface area (Å²) in [6.45, 7) is 3.37. The third-order valence-electron chi connectivity index (χ3n) is 4.26. The van der Waals surface area contributed by atoms with Gasteiger partial charge in [-0.1, -0.05) is 30.3 Å². The first-order valence-corrected chi connectivity index (χ1v) is 7.50. The Labute approximate surface area is 124 Å². The lowest BCUT2D eigenvalue weighted by Crippen LogP contribution is -2.28. The predicted molar refractivity (Wildman–Crippen MR) is 84.5 cm³/mol. The minimum atomic E-state index is 0.559. The molecule has 0 radical (unpaired) electrons. The van der Waals surface area contributed by atoms with Crippen LogP contribution >= 0.6 is 0 Å². The largest absolute Gasteiger partial charge is 0.354 e. The molecular weight excluding hydrogens is 260 g/mol. The van der Waals surface area contributed by atoms with Crippen molar-refractivity contribution in [3.05, 3.63) is 48.7 Å². The zero-order valence-electron chi connectivity index (χ0n) is 12.1. The van der Waals surface area contributed by atoms with Crippen LogP contribution in [0.3, 0.4) is 0 Å². The number of nitrogens with zero attached hydrogens (tertiary/aromatic N) is 4. The summed E-state index contributed by atoms with van der Waals surface area (Å²) in [7, 11) is 0. The summed E-state index contributed by atoms with van der Waals surface area (Å²) in [4.78, 5) is 7.17. The van der Waals surface area contributed by atoms with Crippen molar-refractivity contribution in [1.29, 1.82) is 0 Å². The van der Waals surface area contributed by atoms with Crippen LogP contribution < -0.4 is 4.90 Å². The summed E-state index contributed by atoms with van der Waals surface area (Å²) in [5.74, 6) is 1.15. The molecule has 1 aromatic carbocycles. The van der Waals surface area contributed by atoms with Crippen LogP contribution in [0.1, 0.15) is 19.8 Å². The molecule has 4 heteroatoms. The molecule has 0 N–H and O–H groups in total. The van der Waals surface area contributed by atoms with Crippen molar-refractivity contribution in [2.45, 2.75) is 25.8 Å². The van der Waals surface area contributed by atoms with E-state index in [1.165, 1.54) is 12.8 Å². The van der Waals surface area contributed by atoms with Crippen molar-refractivity contribution in [2.24, 2.45) is 0 Å². The molecule has 1 fully saturated rings. The molecule has 1 aliphatic heterocycles. The molecule has 0 bridgehead atoms. The lowest BCUT2D eigenvalue weighted by atomic mass is 10.1. The Hall–Kier alpha value is -2.36. The molecule has 3 heterocycles. The minimum absolute atomic E-state index is 0.559. The van der Waals surface area contributed by atoms with Crippen molar-refractivity contribution in [3.8, 4) is 11.3 Å². The van der Waals surface area contributed by atoms with Gasteiger partial charge in [-0.25, -0.2) is 4.98 Å². The van der Waals surface area contributed by atoms with E-state index in [0.717, 1.165) is 29.3 Å². The van der Waals surface area contributed by atoms with Gasteiger partial charge >= 0.3 is 0 Å². The highest BCUT2D eigenvalue weighted by Gasteiger charge is 2.23. The molecule has 0 saturated carbocycles. The normalized spacial score (nSPS) is 18.5. The summed E-state index contributed by atoms with van der Waals surface area (Å²) < 4.78 is 1.95. The van der Waals surface area contributed by atoms with Gasteiger partial charge in [-0.2, -0.15) is 9.61 Å². The maximum Gasteiger partial charge on any atom is 0.157 e. The second-order valence-electron chi connectivity index (χ2n) is 5.65. The third-order valence-corrected chi connectivity index (χ3v) is 4.26. The van der Waals surface area contributed by atoms with Gasteiger partial charge in [0, 0.05) is 30.3 Å². The van der Waals surface area contributed by atoms with E-state index in [9.17, 15) is 0 Å². The van der Waals surface area contributed by atoms with E-state index in [-0.39, 0.29) is 0 Å². The van der Waals surface area contributed by atoms with E-state index in [4.69, 9.17) is 4.98 Å². The van der Waals surface area contributed by atoms with Crippen LogP contribution in [-0.4, -0.2) is 27.2 Å². The van der Waals surface area contributed by atoms with Crippen LogP contribution in [0.5, 0.6) is 0 Å². The van der Waals surface area contributed by atoms with Crippen LogP contribution in [0.15, 0.2) is 48.7 Å². The van der Waals surface area contributed by atoms with Gasteiger partial charge in [-0.15, -0.1) is 0 Å². The molecule has 0 aliphatic carbocycles. The third kappa shape index (κ3) is 2.07. The first kappa shape index (κ1) is 12.4. The second kappa shape index (κ2) is 4.88. The summed E-state index contributed by atoms with van der Waals surface area (Å²) in [6.07, 6.45) is 4.31. The highest BCUT2D eigenvalue weighted by Crippen LogP contribution is 2.29. The van der Waals surface area contributed by atoms with E-state index < -0.39 is 0 Å². The second-order valence-corrected chi connectivity index (χ2v) is 5.65. The first-order chi connectivity index (χ1) is 10.3. The number of hydrogen-bond donors (Lipinski definition) is 0. The molecule has 1 saturated heterocycles. The van der Waals surface area contributed by atoms with Crippen LogP contribution in [0, 0.1) is 0 Å². The topological polar surface area (TPSA) is 33.4 Å². The standard InChI is InChI=1S/C17H18N4/c1-13-6-5-11-20(13)17-12-15(14-7-3-2-4-8-14)19-16-9-10-18-21(16)17/h2-4,7-10,12-13H,5-6,11H2,1H3. The van der Waals surface area contributed by atoms with Crippen LogP contribution in [0.2, 0.25) is 0 Å². The molecule has 0 amide bonds. The summed E-state index contributed by atoms with van der Waals surface area (Å²) in [5, 5.41) is 4.44. The highest BCUT2D eigenvalue weighted by molar-refractivity contribution is 5.67. The van der Waals surface area contributed by atoms with E-state index >= 15 is 0 Å². The summed E-state index contributed by atoms with van der Waals surface area (Å²) in [6, 6.07) is 15.0. The molecule has 1 aliphatic rings. The fourth-order valence-electron chi connectivity index (χ4n) is 3.13. The summed E-state index contributed by atoms with van der Waals surface area (Å²) >= 11 is 0. The van der Waals surface area contributed by atoms with E-state index in [2.05, 4.69) is 47.3 Å². The van der Waals surface area contributed by atoms with Gasteiger partial charge in [-0.3, -0.25) is 0 Å². The van der Waals surface area contributed by atoms with Crippen molar-refractivity contribution in [3.63, 3.8) is 0 Å². The average Bonchev–Trinajstić information content (AvgIpc) is 3.15. The highest BCUT2D eigenvalue weighted by atomic mass is 15.4. The molecule has 0 spiro atoms. The smallest absolute Gasteiger partial charge is 0.157 e. The van der Waals surface area contributed by atoms with Crippen molar-refractivity contribution < 1.29 is 0 Å². The number of fused-ring (bicyclic) bond motifs is 1. The van der Waals surface area contributed by atoms with Gasteiger partial charge in [0.25, 0.3) is 0 Å². The monoisotopic (exact) mass is 278 g/mol. The molecule has 4 rings (SSSR count). The molecule has 106 valence electrons. The number of benzene rings is 1. The molecule has 3 aromatic rings. The average molecular weight is 278 g/mol. The quantitative estimate of drug-likeness (QED) is 0.720. The number of anilines is 1.